The van der Waals surface area contributed by atoms with Gasteiger partial charge in [-0.05, 0) is 20.3 Å². The van der Waals surface area contributed by atoms with Crippen LogP contribution < -0.4 is 0 Å². The molecule has 0 amide bonds. The molecule has 13 heavy (non-hydrogen) atoms. The normalized spacial score (nSPS) is 13.8. The Morgan fingerprint density at radius 2 is 1.85 bits per heavy atom. The van der Waals surface area contributed by atoms with Gasteiger partial charge in [-0.3, -0.25) is 9.59 Å². The predicted octanol–water partition coefficient (Wildman–Crippen LogP) is 1.52. The minimum atomic E-state index is -0.894. The molecule has 0 radical (unpaired) electrons. The minimum Gasteiger partial charge on any atom is -0.481 e. The Labute approximate surface area is 76.9 Å². The molecule has 0 aliphatic carbocycles. The standard InChI is InChI=1S/C9H14O4/c1-6(3-4-8(10)11)5-7(2)9(12)13/h5,7H,3-4H2,1-2H3,(H,10,11)(H,12,13). The zero-order valence-corrected chi connectivity index (χ0v) is 7.78. The van der Waals surface area contributed by atoms with Crippen molar-refractivity contribution < 1.29 is 19.8 Å². The van der Waals surface area contributed by atoms with Gasteiger partial charge in [0.2, 0.25) is 0 Å². The number of carboxylic acid groups (broad SMARTS) is 2. The minimum absolute atomic E-state index is 0.0503. The molecule has 0 aliphatic rings. The van der Waals surface area contributed by atoms with E-state index in [1.807, 2.05) is 0 Å². The van der Waals surface area contributed by atoms with Crippen molar-refractivity contribution in [1.29, 1.82) is 0 Å². The lowest BCUT2D eigenvalue weighted by molar-refractivity contribution is -0.139. The highest BCUT2D eigenvalue weighted by Gasteiger charge is 2.07. The van der Waals surface area contributed by atoms with E-state index in [4.69, 9.17) is 10.2 Å². The van der Waals surface area contributed by atoms with Crippen LogP contribution in [0.15, 0.2) is 11.6 Å². The summed E-state index contributed by atoms with van der Waals surface area (Å²) in [4.78, 5) is 20.6. The number of hydrogen-bond donors (Lipinski definition) is 2. The predicted molar refractivity (Wildman–Crippen MR) is 47.4 cm³/mol. The number of aliphatic carboxylic acids is 2. The zero-order chi connectivity index (χ0) is 10.4. The molecule has 0 saturated heterocycles. The van der Waals surface area contributed by atoms with Crippen LogP contribution in [0.4, 0.5) is 0 Å². The van der Waals surface area contributed by atoms with E-state index in [0.717, 1.165) is 5.57 Å². The van der Waals surface area contributed by atoms with Crippen LogP contribution in [0.1, 0.15) is 26.7 Å². The van der Waals surface area contributed by atoms with E-state index in [9.17, 15) is 9.59 Å². The van der Waals surface area contributed by atoms with Gasteiger partial charge in [-0.15, -0.1) is 0 Å². The van der Waals surface area contributed by atoms with Gasteiger partial charge < -0.3 is 10.2 Å². The molecule has 1 unspecified atom stereocenters. The van der Waals surface area contributed by atoms with Crippen LogP contribution >= 0.6 is 0 Å². The molecule has 0 saturated carbocycles. The van der Waals surface area contributed by atoms with Gasteiger partial charge in [-0.1, -0.05) is 11.6 Å². The Morgan fingerprint density at radius 3 is 2.23 bits per heavy atom. The Balaban J connectivity index is 4.01. The molecule has 4 nitrogen and oxygen atoms in total. The van der Waals surface area contributed by atoms with Crippen molar-refractivity contribution in [2.45, 2.75) is 26.7 Å². The van der Waals surface area contributed by atoms with Crippen molar-refractivity contribution in [3.8, 4) is 0 Å². The highest BCUT2D eigenvalue weighted by atomic mass is 16.4. The first kappa shape index (κ1) is 11.7. The number of allylic oxidation sites excluding steroid dienone is 1. The lowest BCUT2D eigenvalue weighted by atomic mass is 10.1. The Kier molecular flexibility index (Phi) is 4.80. The van der Waals surface area contributed by atoms with Crippen molar-refractivity contribution in [3.05, 3.63) is 11.6 Å². The summed E-state index contributed by atoms with van der Waals surface area (Å²) >= 11 is 0. The van der Waals surface area contributed by atoms with Crippen molar-refractivity contribution >= 4 is 11.9 Å². The topological polar surface area (TPSA) is 74.6 Å². The summed E-state index contributed by atoms with van der Waals surface area (Å²) in [7, 11) is 0. The smallest absolute Gasteiger partial charge is 0.310 e. The van der Waals surface area contributed by atoms with Gasteiger partial charge in [0.15, 0.2) is 0 Å². The van der Waals surface area contributed by atoms with Crippen molar-refractivity contribution in [1.82, 2.24) is 0 Å². The summed E-state index contributed by atoms with van der Waals surface area (Å²) in [5.74, 6) is -2.31. The maximum Gasteiger partial charge on any atom is 0.310 e. The first-order valence-electron chi connectivity index (χ1n) is 4.05. The quantitative estimate of drug-likeness (QED) is 0.638. The molecule has 0 aromatic heterocycles. The zero-order valence-electron chi connectivity index (χ0n) is 7.78. The second-order valence-electron chi connectivity index (χ2n) is 3.03. The third kappa shape index (κ3) is 5.90. The molecule has 2 N–H and O–H groups in total. The van der Waals surface area contributed by atoms with E-state index >= 15 is 0 Å². The van der Waals surface area contributed by atoms with Gasteiger partial charge in [-0.25, -0.2) is 0 Å². The molecule has 0 heterocycles. The summed E-state index contributed by atoms with van der Waals surface area (Å²) < 4.78 is 0. The summed E-state index contributed by atoms with van der Waals surface area (Å²) in [6, 6.07) is 0. The average Bonchev–Trinajstić information content (AvgIpc) is 2.00. The lowest BCUT2D eigenvalue weighted by Crippen LogP contribution is -2.06. The third-order valence-corrected chi connectivity index (χ3v) is 1.66. The first-order valence-corrected chi connectivity index (χ1v) is 4.05. The molecule has 0 aromatic rings. The highest BCUT2D eigenvalue weighted by molar-refractivity contribution is 5.71. The van der Waals surface area contributed by atoms with E-state index < -0.39 is 17.9 Å². The fourth-order valence-corrected chi connectivity index (χ4v) is 0.886. The summed E-state index contributed by atoms with van der Waals surface area (Å²) in [5.41, 5.74) is 0.803. The first-order chi connectivity index (χ1) is 5.93. The van der Waals surface area contributed by atoms with Crippen molar-refractivity contribution in [2.75, 3.05) is 0 Å². The van der Waals surface area contributed by atoms with E-state index in [1.165, 1.54) is 0 Å². The molecule has 0 aliphatic heterocycles. The van der Waals surface area contributed by atoms with Gasteiger partial charge >= 0.3 is 11.9 Å². The molecular weight excluding hydrogens is 172 g/mol. The SMILES string of the molecule is CC(=CC(C)C(=O)O)CCC(=O)O. The average molecular weight is 186 g/mol. The summed E-state index contributed by atoms with van der Waals surface area (Å²) in [6.45, 7) is 3.30. The molecule has 0 bridgehead atoms. The van der Waals surface area contributed by atoms with Crippen LogP contribution in [0, 0.1) is 5.92 Å². The van der Waals surface area contributed by atoms with Crippen LogP contribution in [0.5, 0.6) is 0 Å². The molecule has 0 fully saturated rings. The molecule has 0 spiro atoms. The van der Waals surface area contributed by atoms with Crippen LogP contribution in [0.2, 0.25) is 0 Å². The molecule has 1 atom stereocenters. The van der Waals surface area contributed by atoms with Crippen LogP contribution in [0.25, 0.3) is 0 Å². The van der Waals surface area contributed by atoms with E-state index in [0.29, 0.717) is 6.42 Å². The van der Waals surface area contributed by atoms with Gasteiger partial charge in [-0.2, -0.15) is 0 Å². The van der Waals surface area contributed by atoms with Gasteiger partial charge in [0.1, 0.15) is 0 Å². The van der Waals surface area contributed by atoms with Crippen LogP contribution in [-0.2, 0) is 9.59 Å². The van der Waals surface area contributed by atoms with Crippen molar-refractivity contribution in [2.24, 2.45) is 5.92 Å². The van der Waals surface area contributed by atoms with Gasteiger partial charge in [0, 0.05) is 6.42 Å². The maximum absolute atomic E-state index is 10.4. The number of rotatable bonds is 5. The molecular formula is C9H14O4. The van der Waals surface area contributed by atoms with Crippen molar-refractivity contribution in [3.63, 3.8) is 0 Å². The van der Waals surface area contributed by atoms with Crippen LogP contribution in [-0.4, -0.2) is 22.2 Å². The largest absolute Gasteiger partial charge is 0.481 e. The third-order valence-electron chi connectivity index (χ3n) is 1.66. The fourth-order valence-electron chi connectivity index (χ4n) is 0.886. The van der Waals surface area contributed by atoms with E-state index in [2.05, 4.69) is 0 Å². The van der Waals surface area contributed by atoms with Crippen LogP contribution in [0.3, 0.4) is 0 Å². The van der Waals surface area contributed by atoms with Gasteiger partial charge in [0.05, 0.1) is 5.92 Å². The lowest BCUT2D eigenvalue weighted by Gasteiger charge is -2.02. The molecule has 0 rings (SSSR count). The second kappa shape index (κ2) is 5.35. The molecule has 4 heteroatoms. The Bertz CT molecular complexity index is 230. The second-order valence-corrected chi connectivity index (χ2v) is 3.03. The highest BCUT2D eigenvalue weighted by Crippen LogP contribution is 2.08. The number of carboxylic acids is 2. The summed E-state index contributed by atoms with van der Waals surface area (Å²) in [6.07, 6.45) is 2.03. The number of carbonyl (C=O) groups is 2. The molecule has 0 aromatic carbocycles. The Hall–Kier alpha value is -1.32. The summed E-state index contributed by atoms with van der Waals surface area (Å²) in [5, 5.41) is 16.9. The maximum atomic E-state index is 10.4. The van der Waals surface area contributed by atoms with Gasteiger partial charge in [0.25, 0.3) is 0 Å². The number of hydrogen-bond acceptors (Lipinski definition) is 2. The van der Waals surface area contributed by atoms with E-state index in [1.54, 1.807) is 19.9 Å². The van der Waals surface area contributed by atoms with E-state index in [-0.39, 0.29) is 6.42 Å². The molecule has 74 valence electrons. The Morgan fingerprint density at radius 1 is 1.31 bits per heavy atom. The fraction of sp³-hybridized carbons (Fsp3) is 0.556. The monoisotopic (exact) mass is 186 g/mol.